The van der Waals surface area contributed by atoms with Crippen LogP contribution in [0.15, 0.2) is 48.5 Å². The van der Waals surface area contributed by atoms with Crippen LogP contribution >= 0.6 is 0 Å². The summed E-state index contributed by atoms with van der Waals surface area (Å²) in [4.78, 5) is 27.2. The highest BCUT2D eigenvalue weighted by Crippen LogP contribution is 2.24. The molecule has 0 radical (unpaired) electrons. The maximum absolute atomic E-state index is 13.0. The lowest BCUT2D eigenvalue weighted by Crippen LogP contribution is -2.44. The molecule has 0 spiro atoms. The molecule has 0 N–H and O–H groups in total. The van der Waals surface area contributed by atoms with E-state index >= 15 is 0 Å². The molecule has 1 amide bonds. The Kier molecular flexibility index (Phi) is 7.46. The van der Waals surface area contributed by atoms with Crippen molar-refractivity contribution in [2.24, 2.45) is 0 Å². The number of aryl methyl sites for hydroxylation is 1. The van der Waals surface area contributed by atoms with E-state index in [0.29, 0.717) is 43.5 Å². The normalized spacial score (nSPS) is 15.0. The molecule has 6 heteroatoms. The van der Waals surface area contributed by atoms with E-state index in [1.54, 1.807) is 17.0 Å². The number of nitrogens with zero attached hydrogens (tertiary/aromatic N) is 1. The maximum atomic E-state index is 13.0. The molecule has 1 fully saturated rings. The molecule has 0 aromatic heterocycles. The summed E-state index contributed by atoms with van der Waals surface area (Å²) in [7, 11) is 0. The lowest BCUT2D eigenvalue weighted by molar-refractivity contribution is -0.164. The van der Waals surface area contributed by atoms with Crippen LogP contribution in [0.2, 0.25) is 0 Å². The number of hydrogen-bond acceptors (Lipinski definition) is 5. The van der Waals surface area contributed by atoms with Gasteiger partial charge in [0.15, 0.2) is 6.61 Å². The molecule has 160 valence electrons. The van der Waals surface area contributed by atoms with Crippen molar-refractivity contribution in [1.82, 2.24) is 4.90 Å². The largest absolute Gasteiger partial charge is 0.482 e. The number of carbonyl (C=O) groups is 2. The van der Waals surface area contributed by atoms with E-state index in [9.17, 15) is 9.59 Å². The van der Waals surface area contributed by atoms with Crippen LogP contribution in [0.4, 0.5) is 0 Å². The predicted octanol–water partition coefficient (Wildman–Crippen LogP) is 3.64. The topological polar surface area (TPSA) is 65.1 Å². The minimum atomic E-state index is -0.995. The maximum Gasteiger partial charge on any atom is 0.345 e. The standard InChI is InChI=1S/C24H29NO5/c1-17(2)21-10-9-20(15-18(21)3)29-16-22(26)30-23(19-7-5-4-6-8-19)24(27)25-11-13-28-14-12-25/h4-10,15,17,23H,11-14,16H2,1-3H3/t23-/m0/s1. The first-order valence-corrected chi connectivity index (χ1v) is 10.3. The number of rotatable bonds is 7. The van der Waals surface area contributed by atoms with E-state index in [1.165, 1.54) is 5.56 Å². The highest BCUT2D eigenvalue weighted by molar-refractivity contribution is 5.85. The van der Waals surface area contributed by atoms with Gasteiger partial charge in [-0.05, 0) is 36.1 Å². The van der Waals surface area contributed by atoms with Gasteiger partial charge in [-0.15, -0.1) is 0 Å². The smallest absolute Gasteiger partial charge is 0.345 e. The van der Waals surface area contributed by atoms with E-state index < -0.39 is 12.1 Å². The molecule has 1 aliphatic heterocycles. The van der Waals surface area contributed by atoms with Crippen LogP contribution in [0, 0.1) is 6.92 Å². The zero-order valence-corrected chi connectivity index (χ0v) is 17.8. The lowest BCUT2D eigenvalue weighted by atomic mass is 9.98. The fourth-order valence-electron chi connectivity index (χ4n) is 3.53. The van der Waals surface area contributed by atoms with Gasteiger partial charge in [0.1, 0.15) is 5.75 Å². The van der Waals surface area contributed by atoms with Gasteiger partial charge in [-0.25, -0.2) is 4.79 Å². The minimum absolute atomic E-state index is 0.241. The van der Waals surface area contributed by atoms with Crippen LogP contribution in [-0.2, 0) is 19.1 Å². The second kappa shape index (κ2) is 10.3. The fourth-order valence-corrected chi connectivity index (χ4v) is 3.53. The highest BCUT2D eigenvalue weighted by Gasteiger charge is 2.30. The average Bonchev–Trinajstić information content (AvgIpc) is 2.76. The van der Waals surface area contributed by atoms with E-state index in [4.69, 9.17) is 14.2 Å². The van der Waals surface area contributed by atoms with Gasteiger partial charge in [0, 0.05) is 18.7 Å². The molecular formula is C24H29NO5. The van der Waals surface area contributed by atoms with Crippen molar-refractivity contribution in [2.45, 2.75) is 32.8 Å². The molecule has 0 saturated carbocycles. The van der Waals surface area contributed by atoms with Crippen molar-refractivity contribution < 1.29 is 23.8 Å². The molecule has 6 nitrogen and oxygen atoms in total. The number of esters is 1. The van der Waals surface area contributed by atoms with E-state index in [2.05, 4.69) is 13.8 Å². The van der Waals surface area contributed by atoms with E-state index in [0.717, 1.165) is 5.56 Å². The van der Waals surface area contributed by atoms with Gasteiger partial charge in [0.25, 0.3) is 5.91 Å². The molecular weight excluding hydrogens is 382 g/mol. The Bertz CT molecular complexity index is 859. The van der Waals surface area contributed by atoms with Crippen molar-refractivity contribution in [3.05, 3.63) is 65.2 Å². The van der Waals surface area contributed by atoms with Crippen LogP contribution in [0.3, 0.4) is 0 Å². The number of hydrogen-bond donors (Lipinski definition) is 0. The molecule has 0 unspecified atom stereocenters. The summed E-state index contributed by atoms with van der Waals surface area (Å²) in [6, 6.07) is 14.8. The number of morpholine rings is 1. The van der Waals surface area contributed by atoms with Crippen molar-refractivity contribution >= 4 is 11.9 Å². The number of benzene rings is 2. The highest BCUT2D eigenvalue weighted by atomic mass is 16.6. The molecule has 2 aromatic rings. The van der Waals surface area contributed by atoms with Gasteiger partial charge in [0.05, 0.1) is 13.2 Å². The minimum Gasteiger partial charge on any atom is -0.482 e. The zero-order valence-electron chi connectivity index (χ0n) is 17.8. The van der Waals surface area contributed by atoms with Gasteiger partial charge in [-0.3, -0.25) is 4.79 Å². The van der Waals surface area contributed by atoms with Crippen LogP contribution < -0.4 is 4.74 Å². The lowest BCUT2D eigenvalue weighted by Gasteiger charge is -2.30. The molecule has 0 bridgehead atoms. The van der Waals surface area contributed by atoms with Crippen molar-refractivity contribution in [2.75, 3.05) is 32.9 Å². The monoisotopic (exact) mass is 411 g/mol. The van der Waals surface area contributed by atoms with Crippen molar-refractivity contribution in [3.8, 4) is 5.75 Å². The van der Waals surface area contributed by atoms with Crippen LogP contribution in [0.1, 0.15) is 42.6 Å². The van der Waals surface area contributed by atoms with Gasteiger partial charge >= 0.3 is 5.97 Å². The summed E-state index contributed by atoms with van der Waals surface area (Å²) in [6.07, 6.45) is -0.995. The summed E-state index contributed by atoms with van der Waals surface area (Å²) in [6.45, 7) is 7.96. The van der Waals surface area contributed by atoms with Crippen LogP contribution in [0.5, 0.6) is 5.75 Å². The Morgan fingerprint density at radius 1 is 1.07 bits per heavy atom. The molecule has 1 aliphatic rings. The van der Waals surface area contributed by atoms with Crippen molar-refractivity contribution in [3.63, 3.8) is 0 Å². The van der Waals surface area contributed by atoms with Crippen LogP contribution in [-0.4, -0.2) is 49.7 Å². The van der Waals surface area contributed by atoms with Gasteiger partial charge in [-0.1, -0.05) is 50.2 Å². The summed E-state index contributed by atoms with van der Waals surface area (Å²) in [5.74, 6) is 0.192. The number of amides is 1. The van der Waals surface area contributed by atoms with Gasteiger partial charge in [-0.2, -0.15) is 0 Å². The fraction of sp³-hybridized carbons (Fsp3) is 0.417. The molecule has 1 atom stereocenters. The van der Waals surface area contributed by atoms with Crippen LogP contribution in [0.25, 0.3) is 0 Å². The summed E-state index contributed by atoms with van der Waals surface area (Å²) in [5, 5.41) is 0. The summed E-state index contributed by atoms with van der Waals surface area (Å²) in [5.41, 5.74) is 2.99. The molecule has 2 aromatic carbocycles. The number of ether oxygens (including phenoxy) is 3. The second-order valence-corrected chi connectivity index (χ2v) is 7.68. The Morgan fingerprint density at radius 2 is 1.77 bits per heavy atom. The Labute approximate surface area is 177 Å². The first-order chi connectivity index (χ1) is 14.5. The Balaban J connectivity index is 1.66. The Morgan fingerprint density at radius 3 is 2.40 bits per heavy atom. The van der Waals surface area contributed by atoms with E-state index in [1.807, 2.05) is 43.3 Å². The third kappa shape index (κ3) is 5.60. The first-order valence-electron chi connectivity index (χ1n) is 10.3. The SMILES string of the molecule is Cc1cc(OCC(=O)O[C@H](C(=O)N2CCOCC2)c2ccccc2)ccc1C(C)C. The summed E-state index contributed by atoms with van der Waals surface area (Å²) < 4.78 is 16.5. The predicted molar refractivity (Wildman–Crippen MR) is 113 cm³/mol. The average molecular weight is 411 g/mol. The molecule has 0 aliphatic carbocycles. The third-order valence-electron chi connectivity index (χ3n) is 5.12. The summed E-state index contributed by atoms with van der Waals surface area (Å²) >= 11 is 0. The quantitative estimate of drug-likeness (QED) is 0.651. The third-order valence-corrected chi connectivity index (χ3v) is 5.12. The molecule has 1 saturated heterocycles. The zero-order chi connectivity index (χ0) is 21.5. The molecule has 30 heavy (non-hydrogen) atoms. The van der Waals surface area contributed by atoms with E-state index in [-0.39, 0.29) is 12.5 Å². The van der Waals surface area contributed by atoms with Crippen molar-refractivity contribution in [1.29, 1.82) is 0 Å². The number of carbonyl (C=O) groups excluding carboxylic acids is 2. The Hall–Kier alpha value is -2.86. The molecule has 1 heterocycles. The second-order valence-electron chi connectivity index (χ2n) is 7.68. The van der Waals surface area contributed by atoms with Gasteiger partial charge in [0.2, 0.25) is 6.10 Å². The molecule has 3 rings (SSSR count). The first kappa shape index (κ1) is 21.8. The van der Waals surface area contributed by atoms with Gasteiger partial charge < -0.3 is 19.1 Å².